The molecule has 0 saturated carbocycles. The van der Waals surface area contributed by atoms with Crippen LogP contribution in [0.25, 0.3) is 0 Å². The van der Waals surface area contributed by atoms with Crippen molar-refractivity contribution in [2.24, 2.45) is 5.73 Å². The topological polar surface area (TPSA) is 58.4 Å². The van der Waals surface area contributed by atoms with Crippen LogP contribution in [0.1, 0.15) is 32.6 Å². The van der Waals surface area contributed by atoms with Crippen LogP contribution in [0.2, 0.25) is 0 Å². The largest absolute Gasteiger partial charge is 0.415 e. The van der Waals surface area contributed by atoms with E-state index in [9.17, 15) is 18.0 Å². The van der Waals surface area contributed by atoms with E-state index in [1.165, 1.54) is 0 Å². The smallest absolute Gasteiger partial charge is 0.350 e. The summed E-state index contributed by atoms with van der Waals surface area (Å²) in [4.78, 5) is 14.0. The molecule has 0 aliphatic carbocycles. The summed E-state index contributed by atoms with van der Waals surface area (Å²) in [5.74, 6) is -1.13. The number of nitrogens with one attached hydrogen (secondary N) is 1. The quantitative estimate of drug-likeness (QED) is 0.793. The van der Waals surface area contributed by atoms with Gasteiger partial charge in [-0.05, 0) is 32.7 Å². The van der Waals surface area contributed by atoms with Gasteiger partial charge < -0.3 is 11.1 Å². The van der Waals surface area contributed by atoms with Gasteiger partial charge in [0.15, 0.2) is 5.54 Å². The first kappa shape index (κ1) is 14.6. The van der Waals surface area contributed by atoms with E-state index in [-0.39, 0.29) is 12.1 Å². The third kappa shape index (κ3) is 2.72. The molecule has 1 amide bonds. The monoisotopic (exact) mass is 279 g/mol. The minimum atomic E-state index is -4.73. The lowest BCUT2D eigenvalue weighted by Crippen LogP contribution is -2.63. The maximum absolute atomic E-state index is 12.7. The molecule has 0 aromatic rings. The maximum Gasteiger partial charge on any atom is 0.415 e. The van der Waals surface area contributed by atoms with Gasteiger partial charge in [0, 0.05) is 18.6 Å². The molecule has 0 radical (unpaired) electrons. The minimum absolute atomic E-state index is 0.168. The molecule has 19 heavy (non-hydrogen) atoms. The van der Waals surface area contributed by atoms with Gasteiger partial charge in [-0.25, -0.2) is 0 Å². The first-order valence-corrected chi connectivity index (χ1v) is 6.64. The highest BCUT2D eigenvalue weighted by atomic mass is 19.4. The first-order chi connectivity index (χ1) is 8.73. The molecule has 3 N–H and O–H groups in total. The summed E-state index contributed by atoms with van der Waals surface area (Å²) in [6, 6.07) is -0.0419. The Bertz CT molecular complexity index is 357. The number of fused-ring (bicyclic) bond motifs is 1. The van der Waals surface area contributed by atoms with Crippen molar-refractivity contribution >= 4 is 5.91 Å². The SMILES string of the molecule is CC(N)(C(=O)NC1CCN2CCCCC12)C(F)(F)F. The molecule has 2 saturated heterocycles. The van der Waals surface area contributed by atoms with Crippen molar-refractivity contribution < 1.29 is 18.0 Å². The van der Waals surface area contributed by atoms with Gasteiger partial charge in [0.25, 0.3) is 0 Å². The van der Waals surface area contributed by atoms with E-state index < -0.39 is 17.6 Å². The second kappa shape index (κ2) is 4.94. The van der Waals surface area contributed by atoms with Crippen LogP contribution in [0, 0.1) is 0 Å². The second-order valence-corrected chi connectivity index (χ2v) is 5.67. The van der Waals surface area contributed by atoms with Crippen molar-refractivity contribution in [3.63, 3.8) is 0 Å². The van der Waals surface area contributed by atoms with E-state index in [2.05, 4.69) is 10.2 Å². The first-order valence-electron chi connectivity index (χ1n) is 6.64. The van der Waals surface area contributed by atoms with Crippen molar-refractivity contribution in [3.8, 4) is 0 Å². The highest BCUT2D eigenvalue weighted by Gasteiger charge is 2.54. The Morgan fingerprint density at radius 3 is 2.58 bits per heavy atom. The predicted molar refractivity (Wildman–Crippen MR) is 64.4 cm³/mol. The Morgan fingerprint density at radius 2 is 1.95 bits per heavy atom. The number of nitrogens with two attached hydrogens (primary N) is 1. The normalized spacial score (nSPS) is 31.6. The fraction of sp³-hybridized carbons (Fsp3) is 0.917. The van der Waals surface area contributed by atoms with E-state index in [0.717, 1.165) is 39.3 Å². The fourth-order valence-corrected chi connectivity index (χ4v) is 2.86. The summed E-state index contributed by atoms with van der Waals surface area (Å²) in [5, 5.41) is 2.50. The van der Waals surface area contributed by atoms with Crippen molar-refractivity contribution in [2.75, 3.05) is 13.1 Å². The molecule has 4 nitrogen and oxygen atoms in total. The number of carbonyl (C=O) groups is 1. The molecule has 0 aromatic carbocycles. The molecule has 2 fully saturated rings. The highest BCUT2D eigenvalue weighted by molar-refractivity contribution is 5.86. The fourth-order valence-electron chi connectivity index (χ4n) is 2.86. The van der Waals surface area contributed by atoms with Crippen LogP contribution in [0.3, 0.4) is 0 Å². The van der Waals surface area contributed by atoms with Gasteiger partial charge in [-0.1, -0.05) is 6.42 Å². The zero-order chi connectivity index (χ0) is 14.3. The number of halogens is 3. The van der Waals surface area contributed by atoms with Crippen molar-refractivity contribution in [3.05, 3.63) is 0 Å². The van der Waals surface area contributed by atoms with Crippen molar-refractivity contribution in [2.45, 2.75) is 56.4 Å². The zero-order valence-corrected chi connectivity index (χ0v) is 11.0. The van der Waals surface area contributed by atoms with Crippen molar-refractivity contribution in [1.29, 1.82) is 0 Å². The van der Waals surface area contributed by atoms with Gasteiger partial charge in [0.1, 0.15) is 0 Å². The molecule has 0 aromatic heterocycles. The number of carbonyl (C=O) groups excluding carboxylic acids is 1. The summed E-state index contributed by atoms with van der Waals surface area (Å²) < 4.78 is 38.1. The Kier molecular flexibility index (Phi) is 3.79. The number of nitrogens with zero attached hydrogens (tertiary/aromatic N) is 1. The standard InChI is InChI=1S/C12H20F3N3O/c1-11(16,12(13,14)15)10(19)17-8-5-7-18-6-3-2-4-9(8)18/h8-9H,2-7,16H2,1H3,(H,17,19). The molecule has 0 bridgehead atoms. The Morgan fingerprint density at radius 1 is 1.26 bits per heavy atom. The third-order valence-electron chi connectivity index (χ3n) is 4.23. The van der Waals surface area contributed by atoms with Crippen molar-refractivity contribution in [1.82, 2.24) is 10.2 Å². The van der Waals surface area contributed by atoms with Crippen LogP contribution in [0.5, 0.6) is 0 Å². The molecule has 3 unspecified atom stereocenters. The molecule has 2 aliphatic rings. The van der Waals surface area contributed by atoms with E-state index in [1.807, 2.05) is 0 Å². The van der Waals surface area contributed by atoms with Gasteiger partial charge in [-0.2, -0.15) is 13.2 Å². The van der Waals surface area contributed by atoms with Crippen LogP contribution >= 0.6 is 0 Å². The summed E-state index contributed by atoms with van der Waals surface area (Å²) in [6.07, 6.45) is -0.925. The predicted octanol–water partition coefficient (Wildman–Crippen LogP) is 1.01. The maximum atomic E-state index is 12.7. The van der Waals surface area contributed by atoms with E-state index in [4.69, 9.17) is 5.73 Å². The second-order valence-electron chi connectivity index (χ2n) is 5.67. The van der Waals surface area contributed by atoms with Gasteiger partial charge in [-0.3, -0.25) is 9.69 Å². The molecule has 2 heterocycles. The van der Waals surface area contributed by atoms with Crippen LogP contribution in [-0.2, 0) is 4.79 Å². The lowest BCUT2D eigenvalue weighted by atomic mass is 9.96. The summed E-state index contributed by atoms with van der Waals surface area (Å²) in [6.45, 7) is 2.52. The van der Waals surface area contributed by atoms with Gasteiger partial charge >= 0.3 is 6.18 Å². The zero-order valence-electron chi connectivity index (χ0n) is 11.0. The number of amides is 1. The molecular weight excluding hydrogens is 259 g/mol. The van der Waals surface area contributed by atoms with E-state index in [0.29, 0.717) is 6.42 Å². The molecule has 2 aliphatic heterocycles. The van der Waals surface area contributed by atoms with Crippen LogP contribution in [-0.4, -0.2) is 47.7 Å². The number of hydrogen-bond acceptors (Lipinski definition) is 3. The number of piperidine rings is 1. The number of alkyl halides is 3. The Labute approximate surface area is 110 Å². The highest BCUT2D eigenvalue weighted by Crippen LogP contribution is 2.30. The lowest BCUT2D eigenvalue weighted by Gasteiger charge is -2.34. The molecule has 2 rings (SSSR count). The van der Waals surface area contributed by atoms with Gasteiger partial charge in [0.05, 0.1) is 0 Å². The molecular formula is C12H20F3N3O. The third-order valence-corrected chi connectivity index (χ3v) is 4.23. The molecule has 0 spiro atoms. The Balaban J connectivity index is 2.00. The Hall–Kier alpha value is -0.820. The van der Waals surface area contributed by atoms with Crippen LogP contribution in [0.15, 0.2) is 0 Å². The average molecular weight is 279 g/mol. The lowest BCUT2D eigenvalue weighted by molar-refractivity contribution is -0.187. The van der Waals surface area contributed by atoms with Gasteiger partial charge in [0.2, 0.25) is 5.91 Å². The molecule has 110 valence electrons. The van der Waals surface area contributed by atoms with E-state index in [1.54, 1.807) is 0 Å². The molecule has 3 atom stereocenters. The van der Waals surface area contributed by atoms with Gasteiger partial charge in [-0.15, -0.1) is 0 Å². The number of hydrogen-bond donors (Lipinski definition) is 2. The van der Waals surface area contributed by atoms with Crippen LogP contribution in [0.4, 0.5) is 13.2 Å². The number of rotatable bonds is 2. The minimum Gasteiger partial charge on any atom is -0.350 e. The van der Waals surface area contributed by atoms with E-state index >= 15 is 0 Å². The summed E-state index contributed by atoms with van der Waals surface area (Å²) >= 11 is 0. The van der Waals surface area contributed by atoms with Crippen LogP contribution < -0.4 is 11.1 Å². The average Bonchev–Trinajstić information content (AvgIpc) is 2.71. The summed E-state index contributed by atoms with van der Waals surface area (Å²) in [7, 11) is 0. The summed E-state index contributed by atoms with van der Waals surface area (Å²) in [5.41, 5.74) is 2.31. The molecule has 7 heteroatoms.